The zero-order valence-corrected chi connectivity index (χ0v) is 8.32. The van der Waals surface area contributed by atoms with Crippen LogP contribution in [-0.2, 0) is 6.18 Å². The molecule has 7 heteroatoms. The van der Waals surface area contributed by atoms with Crippen LogP contribution < -0.4 is 5.73 Å². The van der Waals surface area contributed by atoms with Crippen molar-refractivity contribution in [2.24, 2.45) is 5.73 Å². The number of aromatic nitrogens is 2. The zero-order valence-electron chi connectivity index (χ0n) is 8.32. The highest BCUT2D eigenvalue weighted by atomic mass is 19.4. The van der Waals surface area contributed by atoms with Crippen molar-refractivity contribution in [1.29, 1.82) is 0 Å². The van der Waals surface area contributed by atoms with Crippen molar-refractivity contribution in [3.8, 4) is 0 Å². The van der Waals surface area contributed by atoms with E-state index in [9.17, 15) is 18.0 Å². The van der Waals surface area contributed by atoms with Gasteiger partial charge in [-0.25, -0.2) is 9.97 Å². The van der Waals surface area contributed by atoms with Gasteiger partial charge in [0.25, 0.3) is 0 Å². The molecular weight excluding hydrogens is 235 g/mol. The summed E-state index contributed by atoms with van der Waals surface area (Å²) in [5.74, 6) is -1.87. The number of amides is 1. The molecule has 88 valence electrons. The lowest BCUT2D eigenvalue weighted by molar-refractivity contribution is -0.144. The van der Waals surface area contributed by atoms with E-state index in [1.165, 1.54) is 18.2 Å². The number of carbonyl (C=O) groups is 1. The highest BCUT2D eigenvalue weighted by Crippen LogP contribution is 2.27. The molecule has 0 aliphatic heterocycles. The Balaban J connectivity index is 2.58. The van der Waals surface area contributed by atoms with Crippen LogP contribution in [0.25, 0.3) is 10.9 Å². The van der Waals surface area contributed by atoms with Crippen LogP contribution in [0, 0.1) is 0 Å². The van der Waals surface area contributed by atoms with Crippen molar-refractivity contribution < 1.29 is 18.0 Å². The minimum absolute atomic E-state index is 0.109. The van der Waals surface area contributed by atoms with E-state index in [1.807, 2.05) is 0 Å². The monoisotopic (exact) mass is 241 g/mol. The predicted octanol–water partition coefficient (Wildman–Crippen LogP) is 1.75. The predicted molar refractivity (Wildman–Crippen MR) is 53.1 cm³/mol. The van der Waals surface area contributed by atoms with Gasteiger partial charge in [-0.1, -0.05) is 0 Å². The molecule has 0 aliphatic rings. The highest BCUT2D eigenvalue weighted by molar-refractivity contribution is 5.96. The molecule has 2 N–H and O–H groups in total. The summed E-state index contributed by atoms with van der Waals surface area (Å²) < 4.78 is 37.0. The first-order valence-electron chi connectivity index (χ1n) is 4.52. The maximum atomic E-state index is 12.3. The summed E-state index contributed by atoms with van der Waals surface area (Å²) in [4.78, 5) is 17.4. The zero-order chi connectivity index (χ0) is 12.6. The first kappa shape index (κ1) is 11.3. The molecule has 0 spiro atoms. The Morgan fingerprint density at radius 3 is 2.59 bits per heavy atom. The molecule has 1 aromatic carbocycles. The molecule has 4 nitrogen and oxygen atoms in total. The van der Waals surface area contributed by atoms with Crippen LogP contribution in [0.3, 0.4) is 0 Å². The van der Waals surface area contributed by atoms with Crippen LogP contribution in [0.5, 0.6) is 0 Å². The lowest BCUT2D eigenvalue weighted by atomic mass is 10.1. The van der Waals surface area contributed by atoms with E-state index in [0.29, 0.717) is 5.39 Å². The molecule has 0 bridgehead atoms. The van der Waals surface area contributed by atoms with Gasteiger partial charge in [-0.2, -0.15) is 13.2 Å². The van der Waals surface area contributed by atoms with E-state index in [4.69, 9.17) is 5.73 Å². The van der Waals surface area contributed by atoms with Crippen molar-refractivity contribution in [3.63, 3.8) is 0 Å². The summed E-state index contributed by atoms with van der Waals surface area (Å²) >= 11 is 0. The molecule has 0 fully saturated rings. The Morgan fingerprint density at radius 2 is 2.00 bits per heavy atom. The molecule has 0 saturated heterocycles. The minimum atomic E-state index is -4.59. The number of primary amides is 1. The Bertz CT molecular complexity index is 595. The molecular formula is C10H6F3N3O. The number of hydrogen-bond acceptors (Lipinski definition) is 3. The number of alkyl halides is 3. The second kappa shape index (κ2) is 3.69. The van der Waals surface area contributed by atoms with Gasteiger partial charge in [0.15, 0.2) is 0 Å². The Labute approximate surface area is 93.3 Å². The van der Waals surface area contributed by atoms with Gasteiger partial charge in [0.2, 0.25) is 11.7 Å². The summed E-state index contributed by atoms with van der Waals surface area (Å²) in [6, 6.07) is 3.96. The van der Waals surface area contributed by atoms with E-state index >= 15 is 0 Å². The molecule has 1 aromatic heterocycles. The topological polar surface area (TPSA) is 68.9 Å². The minimum Gasteiger partial charge on any atom is -0.366 e. The number of fused-ring (bicyclic) bond motifs is 1. The van der Waals surface area contributed by atoms with Crippen LogP contribution in [0.1, 0.15) is 16.2 Å². The number of carbonyl (C=O) groups excluding carboxylic acids is 1. The third-order valence-electron chi connectivity index (χ3n) is 2.12. The lowest BCUT2D eigenvalue weighted by Gasteiger charge is -2.05. The highest BCUT2D eigenvalue weighted by Gasteiger charge is 2.34. The van der Waals surface area contributed by atoms with Crippen molar-refractivity contribution in [3.05, 3.63) is 35.8 Å². The van der Waals surface area contributed by atoms with Gasteiger partial charge in [0.05, 0.1) is 5.52 Å². The van der Waals surface area contributed by atoms with Gasteiger partial charge < -0.3 is 5.73 Å². The van der Waals surface area contributed by atoms with Gasteiger partial charge in [-0.3, -0.25) is 4.79 Å². The number of rotatable bonds is 1. The van der Waals surface area contributed by atoms with Crippen molar-refractivity contribution >= 4 is 16.8 Å². The van der Waals surface area contributed by atoms with E-state index in [1.54, 1.807) is 0 Å². The van der Waals surface area contributed by atoms with Crippen molar-refractivity contribution in [2.45, 2.75) is 6.18 Å². The van der Waals surface area contributed by atoms with Crippen molar-refractivity contribution in [2.75, 3.05) is 0 Å². The van der Waals surface area contributed by atoms with Gasteiger partial charge in [0.1, 0.15) is 0 Å². The fourth-order valence-electron chi connectivity index (χ4n) is 1.32. The number of benzene rings is 1. The van der Waals surface area contributed by atoms with Gasteiger partial charge >= 0.3 is 6.18 Å². The summed E-state index contributed by atoms with van der Waals surface area (Å²) in [6.07, 6.45) is -3.58. The molecule has 0 atom stereocenters. The maximum absolute atomic E-state index is 12.3. The van der Waals surface area contributed by atoms with E-state index < -0.39 is 17.9 Å². The van der Waals surface area contributed by atoms with E-state index in [-0.39, 0.29) is 11.1 Å². The van der Waals surface area contributed by atoms with Gasteiger partial charge in [-0.05, 0) is 18.2 Å². The smallest absolute Gasteiger partial charge is 0.366 e. The summed E-state index contributed by atoms with van der Waals surface area (Å²) in [5.41, 5.74) is 5.35. The second-order valence-electron chi connectivity index (χ2n) is 3.33. The summed E-state index contributed by atoms with van der Waals surface area (Å²) in [7, 11) is 0. The average Bonchev–Trinajstić information content (AvgIpc) is 2.26. The molecule has 0 saturated carbocycles. The molecule has 0 radical (unpaired) electrons. The Morgan fingerprint density at radius 1 is 1.29 bits per heavy atom. The summed E-state index contributed by atoms with van der Waals surface area (Å²) in [6.45, 7) is 0. The fraction of sp³-hybridized carbons (Fsp3) is 0.100. The van der Waals surface area contributed by atoms with Crippen LogP contribution in [-0.4, -0.2) is 15.9 Å². The number of nitrogens with zero attached hydrogens (tertiary/aromatic N) is 2. The van der Waals surface area contributed by atoms with Crippen molar-refractivity contribution in [1.82, 2.24) is 9.97 Å². The quantitative estimate of drug-likeness (QED) is 0.826. The van der Waals surface area contributed by atoms with Gasteiger partial charge in [-0.15, -0.1) is 0 Å². The number of nitrogens with two attached hydrogens (primary N) is 1. The SMILES string of the molecule is NC(=O)c1ccc2nc(C(F)(F)F)ncc2c1. The first-order valence-corrected chi connectivity index (χ1v) is 4.52. The molecule has 0 unspecified atom stereocenters. The maximum Gasteiger partial charge on any atom is 0.451 e. The third kappa shape index (κ3) is 2.17. The Kier molecular flexibility index (Phi) is 2.45. The third-order valence-corrected chi connectivity index (χ3v) is 2.12. The molecule has 2 rings (SSSR count). The largest absolute Gasteiger partial charge is 0.451 e. The lowest BCUT2D eigenvalue weighted by Crippen LogP contribution is -2.12. The van der Waals surface area contributed by atoms with Crippen LogP contribution in [0.15, 0.2) is 24.4 Å². The standard InChI is InChI=1S/C10H6F3N3O/c11-10(12,13)9-15-4-6-3-5(8(14)17)1-2-7(6)16-9/h1-4H,(H2,14,17). The van der Waals surface area contributed by atoms with Crippen LogP contribution in [0.4, 0.5) is 13.2 Å². The molecule has 17 heavy (non-hydrogen) atoms. The summed E-state index contributed by atoms with van der Waals surface area (Å²) in [5, 5.41) is 0.328. The number of hydrogen-bond donors (Lipinski definition) is 1. The van der Waals surface area contributed by atoms with E-state index in [0.717, 1.165) is 6.20 Å². The molecule has 0 aliphatic carbocycles. The molecule has 2 aromatic rings. The molecule has 1 heterocycles. The second-order valence-corrected chi connectivity index (χ2v) is 3.33. The number of halogens is 3. The normalized spacial score (nSPS) is 11.7. The van der Waals surface area contributed by atoms with Crippen LogP contribution >= 0.6 is 0 Å². The van der Waals surface area contributed by atoms with E-state index in [2.05, 4.69) is 9.97 Å². The molecule has 1 amide bonds. The Hall–Kier alpha value is -2.18. The van der Waals surface area contributed by atoms with Gasteiger partial charge in [0, 0.05) is 17.1 Å². The average molecular weight is 241 g/mol. The van der Waals surface area contributed by atoms with Crippen LogP contribution in [0.2, 0.25) is 0 Å². The first-order chi connectivity index (χ1) is 7.88. The fourth-order valence-corrected chi connectivity index (χ4v) is 1.32.